The standard InChI is InChI=1S/C14H20N2O/c1-2-14-13(4-6-17-14)7-11(1)8-16-10-12-3-5-15-9-12/h1-2,7,12,15-16H,3-6,8-10H2. The molecule has 2 heterocycles. The van der Waals surface area contributed by atoms with Gasteiger partial charge in [-0.25, -0.2) is 0 Å². The lowest BCUT2D eigenvalue weighted by atomic mass is 10.1. The lowest BCUT2D eigenvalue weighted by molar-refractivity contribution is 0.357. The van der Waals surface area contributed by atoms with Gasteiger partial charge < -0.3 is 15.4 Å². The summed E-state index contributed by atoms with van der Waals surface area (Å²) in [5, 5.41) is 6.95. The van der Waals surface area contributed by atoms with Gasteiger partial charge in [0.1, 0.15) is 5.75 Å². The Morgan fingerprint density at radius 3 is 3.29 bits per heavy atom. The van der Waals surface area contributed by atoms with E-state index >= 15 is 0 Å². The molecule has 1 aromatic carbocycles. The van der Waals surface area contributed by atoms with E-state index in [4.69, 9.17) is 4.74 Å². The van der Waals surface area contributed by atoms with Gasteiger partial charge >= 0.3 is 0 Å². The van der Waals surface area contributed by atoms with Gasteiger partial charge in [-0.05, 0) is 49.2 Å². The number of nitrogens with one attached hydrogen (secondary N) is 2. The normalized spacial score (nSPS) is 22.5. The van der Waals surface area contributed by atoms with Crippen molar-refractivity contribution in [2.75, 3.05) is 26.2 Å². The van der Waals surface area contributed by atoms with Gasteiger partial charge in [0.2, 0.25) is 0 Å². The highest BCUT2D eigenvalue weighted by Crippen LogP contribution is 2.25. The smallest absolute Gasteiger partial charge is 0.122 e. The maximum absolute atomic E-state index is 5.51. The molecule has 1 unspecified atom stereocenters. The molecular formula is C14H20N2O. The van der Waals surface area contributed by atoms with Crippen molar-refractivity contribution in [3.05, 3.63) is 29.3 Å². The van der Waals surface area contributed by atoms with E-state index in [-0.39, 0.29) is 0 Å². The Morgan fingerprint density at radius 2 is 2.41 bits per heavy atom. The lowest BCUT2D eigenvalue weighted by Gasteiger charge is -2.10. The van der Waals surface area contributed by atoms with E-state index < -0.39 is 0 Å². The molecule has 92 valence electrons. The first kappa shape index (κ1) is 11.1. The van der Waals surface area contributed by atoms with Crippen LogP contribution in [-0.4, -0.2) is 26.2 Å². The first-order valence-electron chi connectivity index (χ1n) is 6.58. The van der Waals surface area contributed by atoms with Gasteiger partial charge in [-0.2, -0.15) is 0 Å². The Hall–Kier alpha value is -1.06. The predicted molar refractivity (Wildman–Crippen MR) is 68.3 cm³/mol. The van der Waals surface area contributed by atoms with Crippen LogP contribution in [0.3, 0.4) is 0 Å². The molecule has 2 aliphatic rings. The summed E-state index contributed by atoms with van der Waals surface area (Å²) in [5.41, 5.74) is 2.74. The van der Waals surface area contributed by atoms with E-state index in [0.717, 1.165) is 37.8 Å². The van der Waals surface area contributed by atoms with E-state index in [0.29, 0.717) is 0 Å². The molecule has 3 rings (SSSR count). The summed E-state index contributed by atoms with van der Waals surface area (Å²) >= 11 is 0. The summed E-state index contributed by atoms with van der Waals surface area (Å²) in [5.74, 6) is 1.89. The first-order valence-corrected chi connectivity index (χ1v) is 6.58. The average molecular weight is 232 g/mol. The van der Waals surface area contributed by atoms with Crippen LogP contribution in [0.4, 0.5) is 0 Å². The molecular weight excluding hydrogens is 212 g/mol. The van der Waals surface area contributed by atoms with Crippen molar-refractivity contribution in [2.45, 2.75) is 19.4 Å². The van der Waals surface area contributed by atoms with Crippen molar-refractivity contribution in [3.8, 4) is 5.75 Å². The molecule has 1 saturated heterocycles. The third-order valence-electron chi connectivity index (χ3n) is 3.68. The van der Waals surface area contributed by atoms with E-state index in [1.54, 1.807) is 0 Å². The van der Waals surface area contributed by atoms with Gasteiger partial charge in [0.05, 0.1) is 6.61 Å². The number of fused-ring (bicyclic) bond motifs is 1. The van der Waals surface area contributed by atoms with Crippen molar-refractivity contribution in [1.29, 1.82) is 0 Å². The third-order valence-corrected chi connectivity index (χ3v) is 3.68. The molecule has 0 radical (unpaired) electrons. The van der Waals surface area contributed by atoms with Gasteiger partial charge in [-0.1, -0.05) is 12.1 Å². The van der Waals surface area contributed by atoms with E-state index in [1.165, 1.54) is 30.6 Å². The quantitative estimate of drug-likeness (QED) is 0.821. The molecule has 0 aromatic heterocycles. The van der Waals surface area contributed by atoms with Crippen LogP contribution in [0.25, 0.3) is 0 Å². The molecule has 17 heavy (non-hydrogen) atoms. The molecule has 0 amide bonds. The van der Waals surface area contributed by atoms with Crippen molar-refractivity contribution >= 4 is 0 Å². The molecule has 0 saturated carbocycles. The highest BCUT2D eigenvalue weighted by atomic mass is 16.5. The van der Waals surface area contributed by atoms with E-state index in [9.17, 15) is 0 Å². The molecule has 1 atom stereocenters. The van der Waals surface area contributed by atoms with Crippen LogP contribution < -0.4 is 15.4 Å². The summed E-state index contributed by atoms with van der Waals surface area (Å²) in [6, 6.07) is 6.56. The molecule has 1 aromatic rings. The second kappa shape index (κ2) is 5.07. The molecule has 0 bridgehead atoms. The Morgan fingerprint density at radius 1 is 1.41 bits per heavy atom. The topological polar surface area (TPSA) is 33.3 Å². The average Bonchev–Trinajstić information content (AvgIpc) is 2.98. The summed E-state index contributed by atoms with van der Waals surface area (Å²) in [4.78, 5) is 0. The van der Waals surface area contributed by atoms with Gasteiger partial charge in [0.15, 0.2) is 0 Å². The van der Waals surface area contributed by atoms with Crippen LogP contribution in [0, 0.1) is 5.92 Å². The van der Waals surface area contributed by atoms with Gasteiger partial charge in [0.25, 0.3) is 0 Å². The Bertz CT molecular complexity index is 386. The molecule has 2 N–H and O–H groups in total. The fraction of sp³-hybridized carbons (Fsp3) is 0.571. The molecule has 3 nitrogen and oxygen atoms in total. The fourth-order valence-electron chi connectivity index (χ4n) is 2.66. The first-order chi connectivity index (χ1) is 8.42. The maximum atomic E-state index is 5.51. The van der Waals surface area contributed by atoms with Crippen LogP contribution in [0.2, 0.25) is 0 Å². The highest BCUT2D eigenvalue weighted by Gasteiger charge is 2.14. The van der Waals surface area contributed by atoms with Crippen LogP contribution in [0.1, 0.15) is 17.5 Å². The number of hydrogen-bond donors (Lipinski definition) is 2. The van der Waals surface area contributed by atoms with E-state index in [2.05, 4.69) is 28.8 Å². The lowest BCUT2D eigenvalue weighted by Crippen LogP contribution is -2.24. The predicted octanol–water partition coefficient (Wildman–Crippen LogP) is 1.32. The summed E-state index contributed by atoms with van der Waals surface area (Å²) < 4.78 is 5.51. The molecule has 3 heteroatoms. The van der Waals surface area contributed by atoms with Crippen LogP contribution in [0.5, 0.6) is 5.75 Å². The highest BCUT2D eigenvalue weighted by molar-refractivity contribution is 5.39. The van der Waals surface area contributed by atoms with Crippen molar-refractivity contribution in [1.82, 2.24) is 10.6 Å². The zero-order valence-electron chi connectivity index (χ0n) is 10.2. The van der Waals surface area contributed by atoms with Crippen molar-refractivity contribution < 1.29 is 4.74 Å². The number of hydrogen-bond acceptors (Lipinski definition) is 3. The zero-order valence-corrected chi connectivity index (χ0v) is 10.2. The van der Waals surface area contributed by atoms with Gasteiger partial charge in [-0.15, -0.1) is 0 Å². The van der Waals surface area contributed by atoms with Crippen molar-refractivity contribution in [2.24, 2.45) is 5.92 Å². The summed E-state index contributed by atoms with van der Waals surface area (Å²) in [6.45, 7) is 5.30. The fourth-order valence-corrected chi connectivity index (χ4v) is 2.66. The van der Waals surface area contributed by atoms with Crippen LogP contribution >= 0.6 is 0 Å². The number of rotatable bonds is 4. The Balaban J connectivity index is 1.51. The maximum Gasteiger partial charge on any atom is 0.122 e. The molecule has 2 aliphatic heterocycles. The molecule has 1 fully saturated rings. The minimum atomic E-state index is 0.813. The Labute approximate surface area is 103 Å². The number of ether oxygens (including phenoxy) is 1. The largest absolute Gasteiger partial charge is 0.493 e. The van der Waals surface area contributed by atoms with Crippen LogP contribution in [0.15, 0.2) is 18.2 Å². The second-order valence-electron chi connectivity index (χ2n) is 5.03. The van der Waals surface area contributed by atoms with Crippen molar-refractivity contribution in [3.63, 3.8) is 0 Å². The van der Waals surface area contributed by atoms with Crippen LogP contribution in [-0.2, 0) is 13.0 Å². The second-order valence-corrected chi connectivity index (χ2v) is 5.03. The van der Waals surface area contributed by atoms with Gasteiger partial charge in [0, 0.05) is 13.0 Å². The Kier molecular flexibility index (Phi) is 3.29. The summed E-state index contributed by atoms with van der Waals surface area (Å²) in [6.07, 6.45) is 2.38. The third kappa shape index (κ3) is 2.61. The molecule has 0 spiro atoms. The minimum Gasteiger partial charge on any atom is -0.493 e. The monoisotopic (exact) mass is 232 g/mol. The number of benzene rings is 1. The molecule has 0 aliphatic carbocycles. The van der Waals surface area contributed by atoms with E-state index in [1.807, 2.05) is 0 Å². The van der Waals surface area contributed by atoms with Gasteiger partial charge in [-0.3, -0.25) is 0 Å². The minimum absolute atomic E-state index is 0.813. The SMILES string of the molecule is c1cc2c(cc1CNCC1CCNC1)CCO2. The zero-order chi connectivity index (χ0) is 11.5. The summed E-state index contributed by atoms with van der Waals surface area (Å²) in [7, 11) is 0.